The summed E-state index contributed by atoms with van der Waals surface area (Å²) in [6, 6.07) is 9.62. The number of nitrogens with zero attached hydrogens (tertiary/aromatic N) is 1. The molecule has 134 valence electrons. The summed E-state index contributed by atoms with van der Waals surface area (Å²) >= 11 is 3.28. The van der Waals surface area contributed by atoms with Crippen molar-refractivity contribution in [3.63, 3.8) is 0 Å². The number of ether oxygens (including phenoxy) is 1. The van der Waals surface area contributed by atoms with E-state index < -0.39 is 23.1 Å². The number of halogens is 3. The maximum Gasteiger partial charge on any atom is 0.254 e. The number of hydrogen-bond acceptors (Lipinski definition) is 4. The maximum absolute atomic E-state index is 14.1. The molecule has 26 heavy (non-hydrogen) atoms. The summed E-state index contributed by atoms with van der Waals surface area (Å²) in [5.41, 5.74) is 6.64. The fourth-order valence-electron chi connectivity index (χ4n) is 2.30. The Hall–Kier alpha value is -2.74. The molecule has 0 aliphatic heterocycles. The van der Waals surface area contributed by atoms with Gasteiger partial charge in [-0.25, -0.2) is 13.8 Å². The summed E-state index contributed by atoms with van der Waals surface area (Å²) in [5, 5.41) is 0. The Kier molecular flexibility index (Phi) is 5.03. The number of oxazole rings is 1. The average Bonchev–Trinajstić information content (AvgIpc) is 2.95. The normalized spacial score (nSPS) is 10.8. The predicted molar refractivity (Wildman–Crippen MR) is 93.6 cm³/mol. The van der Waals surface area contributed by atoms with Gasteiger partial charge < -0.3 is 14.9 Å². The molecule has 1 heterocycles. The average molecular weight is 423 g/mol. The SMILES string of the molecule is Cc1ccc(-c2nc(COc3ccc(F)c(C(N)=O)c3F)oc2Br)cc1. The van der Waals surface area contributed by atoms with Crippen molar-refractivity contribution in [1.29, 1.82) is 0 Å². The number of carbonyl (C=O) groups is 1. The molecule has 0 saturated heterocycles. The van der Waals surface area contributed by atoms with Gasteiger partial charge in [-0.05, 0) is 35.0 Å². The highest BCUT2D eigenvalue weighted by Crippen LogP contribution is 2.30. The zero-order chi connectivity index (χ0) is 18.8. The quantitative estimate of drug-likeness (QED) is 0.661. The Labute approximate surface area is 155 Å². The van der Waals surface area contributed by atoms with E-state index in [1.807, 2.05) is 31.2 Å². The molecule has 0 spiro atoms. The first-order valence-corrected chi connectivity index (χ1v) is 8.29. The summed E-state index contributed by atoms with van der Waals surface area (Å²) in [5.74, 6) is -3.58. The Morgan fingerprint density at radius 2 is 1.92 bits per heavy atom. The Bertz CT molecular complexity index is 971. The van der Waals surface area contributed by atoms with E-state index in [1.54, 1.807) is 0 Å². The second kappa shape index (κ2) is 7.25. The Morgan fingerprint density at radius 3 is 2.58 bits per heavy atom. The van der Waals surface area contributed by atoms with Crippen molar-refractivity contribution in [3.8, 4) is 17.0 Å². The minimum absolute atomic E-state index is 0.178. The zero-order valence-corrected chi connectivity index (χ0v) is 15.1. The minimum atomic E-state index is -1.22. The molecule has 0 radical (unpaired) electrons. The van der Waals surface area contributed by atoms with E-state index in [4.69, 9.17) is 14.9 Å². The van der Waals surface area contributed by atoms with Crippen molar-refractivity contribution >= 4 is 21.8 Å². The number of nitrogens with two attached hydrogens (primary N) is 1. The van der Waals surface area contributed by atoms with Crippen LogP contribution in [0.4, 0.5) is 8.78 Å². The molecule has 3 aromatic rings. The third kappa shape index (κ3) is 3.60. The highest BCUT2D eigenvalue weighted by atomic mass is 79.9. The largest absolute Gasteiger partial charge is 0.481 e. The number of rotatable bonds is 5. The van der Waals surface area contributed by atoms with E-state index in [1.165, 1.54) is 0 Å². The summed E-state index contributed by atoms with van der Waals surface area (Å²) in [7, 11) is 0. The molecule has 8 heteroatoms. The molecule has 0 bridgehead atoms. The van der Waals surface area contributed by atoms with Gasteiger partial charge in [-0.1, -0.05) is 29.8 Å². The maximum atomic E-state index is 14.1. The van der Waals surface area contributed by atoms with Crippen LogP contribution in [0.15, 0.2) is 45.5 Å². The molecule has 2 N–H and O–H groups in total. The van der Waals surface area contributed by atoms with Crippen LogP contribution in [0, 0.1) is 18.6 Å². The fraction of sp³-hybridized carbons (Fsp3) is 0.111. The van der Waals surface area contributed by atoms with Gasteiger partial charge in [0.25, 0.3) is 5.91 Å². The van der Waals surface area contributed by atoms with Crippen LogP contribution < -0.4 is 10.5 Å². The summed E-state index contributed by atoms with van der Waals surface area (Å²) in [6.45, 7) is 1.75. The second-order valence-corrected chi connectivity index (χ2v) is 6.20. The van der Waals surface area contributed by atoms with Crippen molar-refractivity contribution in [2.24, 2.45) is 5.73 Å². The van der Waals surface area contributed by atoms with Crippen LogP contribution in [0.25, 0.3) is 11.3 Å². The van der Waals surface area contributed by atoms with E-state index in [0.29, 0.717) is 10.4 Å². The van der Waals surface area contributed by atoms with Gasteiger partial charge in [0, 0.05) is 5.56 Å². The van der Waals surface area contributed by atoms with Crippen molar-refractivity contribution < 1.29 is 22.7 Å². The lowest BCUT2D eigenvalue weighted by Crippen LogP contribution is -2.16. The Balaban J connectivity index is 1.81. The lowest BCUT2D eigenvalue weighted by molar-refractivity contribution is 0.0991. The van der Waals surface area contributed by atoms with E-state index in [-0.39, 0.29) is 18.2 Å². The number of primary amides is 1. The van der Waals surface area contributed by atoms with Gasteiger partial charge >= 0.3 is 0 Å². The number of carbonyl (C=O) groups excluding carboxylic acids is 1. The summed E-state index contributed by atoms with van der Waals surface area (Å²) < 4.78 is 38.8. The molecule has 1 aromatic heterocycles. The monoisotopic (exact) mass is 422 g/mol. The van der Waals surface area contributed by atoms with Crippen LogP contribution in [-0.4, -0.2) is 10.9 Å². The first kappa shape index (κ1) is 18.1. The standard InChI is InChI=1S/C18H13BrF2N2O3/c1-9-2-4-10(5-3-9)16-17(19)26-13(23-16)8-25-12-7-6-11(20)14(15(12)21)18(22)24/h2-7H,8H2,1H3,(H2,22,24). The lowest BCUT2D eigenvalue weighted by atomic mass is 10.1. The van der Waals surface area contributed by atoms with Gasteiger partial charge in [0.05, 0.1) is 0 Å². The Morgan fingerprint density at radius 1 is 1.23 bits per heavy atom. The van der Waals surface area contributed by atoms with E-state index in [2.05, 4.69) is 20.9 Å². The van der Waals surface area contributed by atoms with Crippen molar-refractivity contribution in [3.05, 3.63) is 69.7 Å². The van der Waals surface area contributed by atoms with Crippen LogP contribution in [-0.2, 0) is 6.61 Å². The molecule has 3 rings (SSSR count). The summed E-state index contributed by atoms with van der Waals surface area (Å²) in [4.78, 5) is 15.5. The first-order chi connectivity index (χ1) is 12.4. The molecule has 0 fully saturated rings. The molecular weight excluding hydrogens is 410 g/mol. The number of aromatic nitrogens is 1. The molecule has 0 unspecified atom stereocenters. The highest BCUT2D eigenvalue weighted by molar-refractivity contribution is 9.10. The predicted octanol–water partition coefficient (Wildman–Crippen LogP) is 4.37. The van der Waals surface area contributed by atoms with E-state index >= 15 is 0 Å². The molecule has 5 nitrogen and oxygen atoms in total. The second-order valence-electron chi connectivity index (χ2n) is 5.48. The number of benzene rings is 2. The zero-order valence-electron chi connectivity index (χ0n) is 13.6. The first-order valence-electron chi connectivity index (χ1n) is 7.49. The fourth-order valence-corrected chi connectivity index (χ4v) is 2.81. The van der Waals surface area contributed by atoms with Crippen molar-refractivity contribution in [2.75, 3.05) is 0 Å². The number of amides is 1. The van der Waals surface area contributed by atoms with Gasteiger partial charge in [0.2, 0.25) is 5.89 Å². The van der Waals surface area contributed by atoms with Gasteiger partial charge in [-0.15, -0.1) is 0 Å². The van der Waals surface area contributed by atoms with Crippen LogP contribution in [0.3, 0.4) is 0 Å². The molecule has 0 aliphatic carbocycles. The smallest absolute Gasteiger partial charge is 0.254 e. The molecular formula is C18H13BrF2N2O3. The van der Waals surface area contributed by atoms with Crippen LogP contribution in [0.2, 0.25) is 0 Å². The molecule has 0 saturated carbocycles. The molecule has 0 aliphatic rings. The van der Waals surface area contributed by atoms with Gasteiger partial charge in [-0.3, -0.25) is 4.79 Å². The summed E-state index contributed by atoms with van der Waals surface area (Å²) in [6.07, 6.45) is 0. The molecule has 2 aromatic carbocycles. The van der Waals surface area contributed by atoms with Gasteiger partial charge in [0.15, 0.2) is 22.8 Å². The van der Waals surface area contributed by atoms with Crippen LogP contribution in [0.1, 0.15) is 21.8 Å². The third-order valence-corrected chi connectivity index (χ3v) is 4.15. The van der Waals surface area contributed by atoms with E-state index in [0.717, 1.165) is 23.3 Å². The van der Waals surface area contributed by atoms with Crippen molar-refractivity contribution in [1.82, 2.24) is 4.98 Å². The van der Waals surface area contributed by atoms with Crippen LogP contribution in [0.5, 0.6) is 5.75 Å². The van der Waals surface area contributed by atoms with Gasteiger partial charge in [0.1, 0.15) is 17.1 Å². The van der Waals surface area contributed by atoms with Crippen LogP contribution >= 0.6 is 15.9 Å². The topological polar surface area (TPSA) is 78.4 Å². The molecule has 0 atom stereocenters. The number of hydrogen-bond donors (Lipinski definition) is 1. The molecule has 1 amide bonds. The van der Waals surface area contributed by atoms with E-state index in [9.17, 15) is 13.6 Å². The number of aryl methyl sites for hydroxylation is 1. The highest BCUT2D eigenvalue weighted by Gasteiger charge is 2.20. The lowest BCUT2D eigenvalue weighted by Gasteiger charge is -2.08. The third-order valence-electron chi connectivity index (χ3n) is 3.61. The van der Waals surface area contributed by atoms with Crippen molar-refractivity contribution in [2.45, 2.75) is 13.5 Å². The minimum Gasteiger partial charge on any atom is -0.481 e. The van der Waals surface area contributed by atoms with Gasteiger partial charge in [-0.2, -0.15) is 0 Å².